The molecular weight excluding hydrogens is 252 g/mol. The van der Waals surface area contributed by atoms with Crippen LogP contribution in [0.1, 0.15) is 18.4 Å². The van der Waals surface area contributed by atoms with Crippen molar-refractivity contribution in [2.24, 2.45) is 4.99 Å². The summed E-state index contributed by atoms with van der Waals surface area (Å²) in [6.45, 7) is 0.643. The third-order valence-corrected chi connectivity index (χ3v) is 2.32. The molecule has 0 spiro atoms. The van der Waals surface area contributed by atoms with Crippen molar-refractivity contribution in [1.29, 1.82) is 0 Å². The summed E-state index contributed by atoms with van der Waals surface area (Å²) in [6, 6.07) is 9.96. The van der Waals surface area contributed by atoms with Crippen molar-refractivity contribution in [3.8, 4) is 0 Å². The van der Waals surface area contributed by atoms with Crippen LogP contribution in [0.3, 0.4) is 0 Å². The highest BCUT2D eigenvalue weighted by molar-refractivity contribution is 7.78. The van der Waals surface area contributed by atoms with E-state index in [0.717, 1.165) is 0 Å². The number of isothiocyanates is 1. The Balaban J connectivity index is 0.000000184. The molecule has 1 aliphatic heterocycles. The van der Waals surface area contributed by atoms with E-state index >= 15 is 0 Å². The highest BCUT2D eigenvalue weighted by atomic mass is 32.1. The van der Waals surface area contributed by atoms with E-state index in [1.54, 1.807) is 0 Å². The zero-order valence-corrected chi connectivity index (χ0v) is 10.4. The number of thiocarbonyl (C=S) groups is 1. The number of carbonyl (C=O) groups excluding carboxylic acids is 2. The lowest BCUT2D eigenvalue weighted by Crippen LogP contribution is -2.24. The third-order valence-electron chi connectivity index (χ3n) is 2.19. The molecular formula is C12H12N2O3S. The number of amides is 2. The maximum Gasteiger partial charge on any atom is 0.253 e. The first-order chi connectivity index (χ1) is 8.65. The van der Waals surface area contributed by atoms with Crippen LogP contribution in [-0.2, 0) is 16.1 Å². The Morgan fingerprint density at radius 2 is 1.78 bits per heavy atom. The van der Waals surface area contributed by atoms with Gasteiger partial charge in [0.2, 0.25) is 0 Å². The summed E-state index contributed by atoms with van der Waals surface area (Å²) < 4.78 is 0. The number of nitrogens with zero attached hydrogens (tertiary/aromatic N) is 2. The van der Waals surface area contributed by atoms with Crippen molar-refractivity contribution in [3.63, 3.8) is 0 Å². The van der Waals surface area contributed by atoms with Crippen LogP contribution in [0.5, 0.6) is 0 Å². The summed E-state index contributed by atoms with van der Waals surface area (Å²) in [5, 5.41) is 10.9. The predicted molar refractivity (Wildman–Crippen MR) is 68.0 cm³/mol. The molecule has 1 heterocycles. The molecule has 0 unspecified atom stereocenters. The summed E-state index contributed by atoms with van der Waals surface area (Å²) in [5.41, 5.74) is 1.17. The fraction of sp³-hybridized carbons (Fsp3) is 0.250. The molecule has 0 aromatic heterocycles. The zero-order chi connectivity index (χ0) is 13.4. The number of hydrogen-bond acceptors (Lipinski definition) is 5. The van der Waals surface area contributed by atoms with Gasteiger partial charge in [0.1, 0.15) is 0 Å². The second kappa shape index (κ2) is 7.45. The minimum Gasteiger partial charge on any atom is -0.279 e. The van der Waals surface area contributed by atoms with Crippen LogP contribution in [-0.4, -0.2) is 27.2 Å². The van der Waals surface area contributed by atoms with Crippen molar-refractivity contribution in [2.45, 2.75) is 19.4 Å². The van der Waals surface area contributed by atoms with E-state index in [9.17, 15) is 9.59 Å². The quantitative estimate of drug-likeness (QED) is 0.383. The topological polar surface area (TPSA) is 70.0 Å². The molecule has 0 atom stereocenters. The minimum atomic E-state index is -0.505. The summed E-state index contributed by atoms with van der Waals surface area (Å²) in [4.78, 5) is 24.3. The first-order valence-corrected chi connectivity index (χ1v) is 5.68. The predicted octanol–water partition coefficient (Wildman–Crippen LogP) is 1.81. The molecule has 1 saturated heterocycles. The third kappa shape index (κ3) is 4.55. The fourth-order valence-electron chi connectivity index (χ4n) is 1.27. The zero-order valence-electron chi connectivity index (χ0n) is 9.57. The van der Waals surface area contributed by atoms with Gasteiger partial charge in [0.15, 0.2) is 0 Å². The molecule has 0 bridgehead atoms. The Hall–Kier alpha value is -1.88. The van der Waals surface area contributed by atoms with Crippen LogP contribution >= 0.6 is 12.2 Å². The van der Waals surface area contributed by atoms with Crippen LogP contribution in [0, 0.1) is 0 Å². The molecule has 1 aliphatic rings. The van der Waals surface area contributed by atoms with E-state index in [4.69, 9.17) is 5.21 Å². The van der Waals surface area contributed by atoms with Crippen LogP contribution in [0.2, 0.25) is 0 Å². The SMILES string of the molecule is O=C1CCC(=O)N1O.S=C=NCc1ccccc1. The molecule has 2 rings (SSSR count). The van der Waals surface area contributed by atoms with Gasteiger partial charge in [-0.1, -0.05) is 30.3 Å². The smallest absolute Gasteiger partial charge is 0.253 e. The van der Waals surface area contributed by atoms with E-state index in [-0.39, 0.29) is 17.9 Å². The Morgan fingerprint density at radius 1 is 1.22 bits per heavy atom. The molecule has 1 aromatic carbocycles. The average molecular weight is 264 g/mol. The second-order valence-electron chi connectivity index (χ2n) is 3.49. The van der Waals surface area contributed by atoms with Gasteiger partial charge in [-0.15, -0.1) is 0 Å². The monoisotopic (exact) mass is 264 g/mol. The number of benzene rings is 1. The Bertz CT molecular complexity index is 453. The van der Waals surface area contributed by atoms with Crippen molar-refractivity contribution >= 4 is 29.2 Å². The number of hydroxylamine groups is 2. The van der Waals surface area contributed by atoms with E-state index in [1.807, 2.05) is 30.3 Å². The fourth-order valence-corrected chi connectivity index (χ4v) is 1.34. The number of carbonyl (C=O) groups is 2. The lowest BCUT2D eigenvalue weighted by Gasteiger charge is -1.98. The van der Waals surface area contributed by atoms with Crippen LogP contribution in [0.15, 0.2) is 35.3 Å². The largest absolute Gasteiger partial charge is 0.279 e. The number of hydrogen-bond donors (Lipinski definition) is 1. The first-order valence-electron chi connectivity index (χ1n) is 5.27. The van der Waals surface area contributed by atoms with E-state index in [2.05, 4.69) is 22.4 Å². The molecule has 1 fully saturated rings. The van der Waals surface area contributed by atoms with E-state index < -0.39 is 11.8 Å². The molecule has 94 valence electrons. The molecule has 1 N–H and O–H groups in total. The lowest BCUT2D eigenvalue weighted by atomic mass is 10.2. The summed E-state index contributed by atoms with van der Waals surface area (Å²) in [5.74, 6) is -1.01. The molecule has 18 heavy (non-hydrogen) atoms. The Kier molecular flexibility index (Phi) is 5.87. The maximum atomic E-state index is 10.2. The molecule has 5 nitrogen and oxygen atoms in total. The van der Waals surface area contributed by atoms with Gasteiger partial charge in [0.05, 0.1) is 11.7 Å². The maximum absolute atomic E-state index is 10.2. The van der Waals surface area contributed by atoms with Gasteiger partial charge in [-0.05, 0) is 17.8 Å². The van der Waals surface area contributed by atoms with Gasteiger partial charge < -0.3 is 0 Å². The van der Waals surface area contributed by atoms with Crippen molar-refractivity contribution in [3.05, 3.63) is 35.9 Å². The van der Waals surface area contributed by atoms with E-state index in [0.29, 0.717) is 6.54 Å². The van der Waals surface area contributed by atoms with Crippen LogP contribution in [0.25, 0.3) is 0 Å². The highest BCUT2D eigenvalue weighted by Gasteiger charge is 2.26. The number of imide groups is 1. The highest BCUT2D eigenvalue weighted by Crippen LogP contribution is 2.07. The van der Waals surface area contributed by atoms with Crippen LogP contribution < -0.4 is 0 Å². The molecule has 0 saturated carbocycles. The standard InChI is InChI=1S/C8H7NS.C4H5NO3/c10-7-9-6-8-4-2-1-3-5-8;6-3-1-2-4(7)5(3)8/h1-5H,6H2;8H,1-2H2. The lowest BCUT2D eigenvalue weighted by molar-refractivity contribution is -0.171. The summed E-state index contributed by atoms with van der Waals surface area (Å²) in [7, 11) is 0. The number of aliphatic imine (C=N–C) groups is 1. The Labute approximate surface area is 110 Å². The van der Waals surface area contributed by atoms with Gasteiger partial charge in [0.25, 0.3) is 11.8 Å². The first kappa shape index (κ1) is 14.2. The van der Waals surface area contributed by atoms with Gasteiger partial charge >= 0.3 is 0 Å². The van der Waals surface area contributed by atoms with Gasteiger partial charge in [0, 0.05) is 12.8 Å². The van der Waals surface area contributed by atoms with E-state index in [1.165, 1.54) is 5.56 Å². The van der Waals surface area contributed by atoms with Crippen molar-refractivity contribution in [1.82, 2.24) is 5.06 Å². The normalized spacial score (nSPS) is 13.7. The van der Waals surface area contributed by atoms with Gasteiger partial charge in [-0.2, -0.15) is 5.06 Å². The number of rotatable bonds is 2. The van der Waals surface area contributed by atoms with Gasteiger partial charge in [-0.3, -0.25) is 14.8 Å². The summed E-state index contributed by atoms with van der Waals surface area (Å²) >= 11 is 4.43. The minimum absolute atomic E-state index is 0.148. The molecule has 2 amide bonds. The van der Waals surface area contributed by atoms with Gasteiger partial charge in [-0.25, -0.2) is 4.99 Å². The Morgan fingerprint density at radius 3 is 2.17 bits per heavy atom. The average Bonchev–Trinajstić information content (AvgIpc) is 2.70. The van der Waals surface area contributed by atoms with Crippen molar-refractivity contribution in [2.75, 3.05) is 0 Å². The van der Waals surface area contributed by atoms with Crippen molar-refractivity contribution < 1.29 is 14.8 Å². The molecule has 1 aromatic rings. The second-order valence-corrected chi connectivity index (χ2v) is 3.67. The molecule has 6 heteroatoms. The molecule has 0 aliphatic carbocycles. The van der Waals surface area contributed by atoms with Crippen LogP contribution in [0.4, 0.5) is 0 Å². The summed E-state index contributed by atoms with van der Waals surface area (Å²) in [6.07, 6.45) is 0.296. The molecule has 0 radical (unpaired) electrons.